The van der Waals surface area contributed by atoms with E-state index in [1.807, 2.05) is 30.3 Å². The topological polar surface area (TPSA) is 54.4 Å². The summed E-state index contributed by atoms with van der Waals surface area (Å²) in [6.07, 6.45) is 5.66. The number of hydrogen-bond acceptors (Lipinski definition) is 2. The van der Waals surface area contributed by atoms with Crippen LogP contribution in [0.4, 0.5) is 0 Å². The van der Waals surface area contributed by atoms with Gasteiger partial charge in [-0.3, -0.25) is 4.55 Å². The molecule has 3 nitrogen and oxygen atoms in total. The molecule has 1 unspecified atom stereocenters. The highest BCUT2D eigenvalue weighted by atomic mass is 32.2. The van der Waals surface area contributed by atoms with Crippen molar-refractivity contribution in [2.24, 2.45) is 5.92 Å². The molecule has 1 N–H and O–H groups in total. The van der Waals surface area contributed by atoms with Crippen molar-refractivity contribution < 1.29 is 13.0 Å². The molecule has 15 heavy (non-hydrogen) atoms. The Labute approximate surface area is 89.9 Å². The molecule has 0 saturated carbocycles. The smallest absolute Gasteiger partial charge is 0.266 e. The molecule has 1 aromatic carbocycles. The first-order valence-electron chi connectivity index (χ1n) is 4.46. The van der Waals surface area contributed by atoms with E-state index in [1.54, 1.807) is 0 Å². The zero-order valence-corrected chi connectivity index (χ0v) is 8.94. The van der Waals surface area contributed by atoms with Gasteiger partial charge in [-0.15, -0.1) is 12.3 Å². The van der Waals surface area contributed by atoms with Crippen molar-refractivity contribution in [3.63, 3.8) is 0 Å². The molecule has 1 rings (SSSR count). The predicted octanol–water partition coefficient (Wildman–Crippen LogP) is 1.37. The van der Waals surface area contributed by atoms with Crippen molar-refractivity contribution in [3.8, 4) is 12.3 Å². The molecule has 0 amide bonds. The molecule has 4 heteroatoms. The summed E-state index contributed by atoms with van der Waals surface area (Å²) in [5.74, 6) is 1.49. The van der Waals surface area contributed by atoms with E-state index in [4.69, 9.17) is 11.0 Å². The molecular weight excluding hydrogens is 212 g/mol. The van der Waals surface area contributed by atoms with Gasteiger partial charge >= 0.3 is 0 Å². The predicted molar refractivity (Wildman–Crippen MR) is 58.9 cm³/mol. The number of benzene rings is 1. The van der Waals surface area contributed by atoms with Gasteiger partial charge in [0.2, 0.25) is 0 Å². The van der Waals surface area contributed by atoms with Gasteiger partial charge < -0.3 is 0 Å². The molecule has 1 aromatic rings. The molecule has 0 radical (unpaired) electrons. The number of hydrogen-bond donors (Lipinski definition) is 1. The third-order valence-electron chi connectivity index (χ3n) is 1.97. The van der Waals surface area contributed by atoms with Gasteiger partial charge in [-0.05, 0) is 12.0 Å². The highest BCUT2D eigenvalue weighted by Gasteiger charge is 2.14. The van der Waals surface area contributed by atoms with Crippen molar-refractivity contribution in [2.45, 2.75) is 6.42 Å². The second-order valence-corrected chi connectivity index (χ2v) is 4.80. The Balaban J connectivity index is 2.68. The zero-order chi connectivity index (χ0) is 11.3. The maximum Gasteiger partial charge on any atom is 0.266 e. The summed E-state index contributed by atoms with van der Waals surface area (Å²) < 4.78 is 30.0. The van der Waals surface area contributed by atoms with E-state index < -0.39 is 21.8 Å². The fourth-order valence-electron chi connectivity index (χ4n) is 1.32. The molecule has 0 spiro atoms. The van der Waals surface area contributed by atoms with Crippen LogP contribution in [0.3, 0.4) is 0 Å². The Morgan fingerprint density at radius 3 is 2.40 bits per heavy atom. The van der Waals surface area contributed by atoms with E-state index in [0.29, 0.717) is 6.42 Å². The van der Waals surface area contributed by atoms with Gasteiger partial charge in [0.05, 0.1) is 5.75 Å². The molecule has 0 heterocycles. The lowest BCUT2D eigenvalue weighted by Gasteiger charge is -2.08. The molecular formula is C11H12O3S. The lowest BCUT2D eigenvalue weighted by molar-refractivity contribution is 0.475. The maximum absolute atomic E-state index is 10.7. The lowest BCUT2D eigenvalue weighted by atomic mass is 10.0. The fraction of sp³-hybridized carbons (Fsp3) is 0.273. The monoisotopic (exact) mass is 224 g/mol. The SMILES string of the molecule is C#CC(Cc1ccccc1)CS(=O)(=O)O. The molecule has 0 aliphatic rings. The van der Waals surface area contributed by atoms with E-state index in [0.717, 1.165) is 5.56 Å². The molecule has 0 aliphatic heterocycles. The Morgan fingerprint density at radius 2 is 1.93 bits per heavy atom. The Hall–Kier alpha value is -1.31. The molecule has 1 atom stereocenters. The van der Waals surface area contributed by atoms with Crippen LogP contribution in [-0.2, 0) is 16.5 Å². The van der Waals surface area contributed by atoms with E-state index >= 15 is 0 Å². The summed E-state index contributed by atoms with van der Waals surface area (Å²) in [5, 5.41) is 0. The van der Waals surface area contributed by atoms with Gasteiger partial charge in [-0.25, -0.2) is 0 Å². The first kappa shape index (κ1) is 11.8. The molecule has 80 valence electrons. The number of terminal acetylenes is 1. The van der Waals surface area contributed by atoms with Crippen LogP contribution in [0.5, 0.6) is 0 Å². The van der Waals surface area contributed by atoms with Crippen LogP contribution < -0.4 is 0 Å². The van der Waals surface area contributed by atoms with Crippen molar-refractivity contribution in [3.05, 3.63) is 35.9 Å². The second-order valence-electron chi connectivity index (χ2n) is 3.30. The summed E-state index contributed by atoms with van der Waals surface area (Å²) in [5.41, 5.74) is 0.962. The van der Waals surface area contributed by atoms with Crippen molar-refractivity contribution >= 4 is 10.1 Å². The second kappa shape index (κ2) is 4.96. The van der Waals surface area contributed by atoms with Crippen LogP contribution in [0.2, 0.25) is 0 Å². The van der Waals surface area contributed by atoms with Crippen LogP contribution in [0, 0.1) is 18.3 Å². The highest BCUT2D eigenvalue weighted by Crippen LogP contribution is 2.09. The van der Waals surface area contributed by atoms with E-state index in [9.17, 15) is 8.42 Å². The van der Waals surface area contributed by atoms with E-state index in [-0.39, 0.29) is 0 Å². The Morgan fingerprint density at radius 1 is 1.33 bits per heavy atom. The average molecular weight is 224 g/mol. The molecule has 0 aromatic heterocycles. The molecule has 0 bridgehead atoms. The normalized spacial score (nSPS) is 13.1. The standard InChI is InChI=1S/C11H12O3S/c1-2-10(9-15(12,13)14)8-11-6-4-3-5-7-11/h1,3-7,10H,8-9H2,(H,12,13,14). The minimum atomic E-state index is -4.00. The maximum atomic E-state index is 10.7. The molecule has 0 aliphatic carbocycles. The Kier molecular flexibility index (Phi) is 3.89. The zero-order valence-electron chi connectivity index (χ0n) is 8.13. The third kappa shape index (κ3) is 4.63. The minimum absolute atomic E-state index is 0.390. The summed E-state index contributed by atoms with van der Waals surface area (Å²) in [6, 6.07) is 9.33. The highest BCUT2D eigenvalue weighted by molar-refractivity contribution is 7.85. The van der Waals surface area contributed by atoms with Crippen LogP contribution in [-0.4, -0.2) is 18.7 Å². The quantitative estimate of drug-likeness (QED) is 0.620. The third-order valence-corrected chi connectivity index (χ3v) is 2.80. The first-order chi connectivity index (χ1) is 7.01. The van der Waals surface area contributed by atoms with Crippen molar-refractivity contribution in [1.82, 2.24) is 0 Å². The fourth-order valence-corrected chi connectivity index (χ4v) is 2.04. The van der Waals surface area contributed by atoms with E-state index in [2.05, 4.69) is 5.92 Å². The van der Waals surface area contributed by atoms with Crippen LogP contribution in [0.25, 0.3) is 0 Å². The van der Waals surface area contributed by atoms with Crippen molar-refractivity contribution in [1.29, 1.82) is 0 Å². The largest absolute Gasteiger partial charge is 0.286 e. The van der Waals surface area contributed by atoms with Crippen LogP contribution in [0.1, 0.15) is 5.56 Å². The van der Waals surface area contributed by atoms with Gasteiger partial charge in [0.25, 0.3) is 10.1 Å². The summed E-state index contributed by atoms with van der Waals surface area (Å²) in [4.78, 5) is 0. The first-order valence-corrected chi connectivity index (χ1v) is 6.07. The minimum Gasteiger partial charge on any atom is -0.286 e. The van der Waals surface area contributed by atoms with Gasteiger partial charge in [0.15, 0.2) is 0 Å². The van der Waals surface area contributed by atoms with Gasteiger partial charge in [-0.2, -0.15) is 8.42 Å². The van der Waals surface area contributed by atoms with Gasteiger partial charge in [0, 0.05) is 5.92 Å². The van der Waals surface area contributed by atoms with Crippen LogP contribution in [0.15, 0.2) is 30.3 Å². The lowest BCUT2D eigenvalue weighted by Crippen LogP contribution is -2.15. The molecule has 0 saturated heterocycles. The van der Waals surface area contributed by atoms with Crippen LogP contribution >= 0.6 is 0 Å². The summed E-state index contributed by atoms with van der Waals surface area (Å²) in [7, 11) is -4.00. The van der Waals surface area contributed by atoms with Gasteiger partial charge in [-0.1, -0.05) is 30.3 Å². The summed E-state index contributed by atoms with van der Waals surface area (Å²) >= 11 is 0. The van der Waals surface area contributed by atoms with Gasteiger partial charge in [0.1, 0.15) is 0 Å². The summed E-state index contributed by atoms with van der Waals surface area (Å²) in [6.45, 7) is 0. The van der Waals surface area contributed by atoms with Crippen molar-refractivity contribution in [2.75, 3.05) is 5.75 Å². The number of rotatable bonds is 4. The van der Waals surface area contributed by atoms with E-state index in [1.165, 1.54) is 0 Å². The Bertz CT molecular complexity index is 442. The average Bonchev–Trinajstić information content (AvgIpc) is 2.16. The molecule has 0 fully saturated rings.